The molecule has 0 unspecified atom stereocenters. The van der Waals surface area contributed by atoms with E-state index in [0.717, 1.165) is 0 Å². The first-order valence-corrected chi connectivity index (χ1v) is 5.48. The van der Waals surface area contributed by atoms with Crippen molar-refractivity contribution in [3.05, 3.63) is 0 Å². The predicted octanol–water partition coefficient (Wildman–Crippen LogP) is 4.22. The Morgan fingerprint density at radius 2 is 1.57 bits per heavy atom. The maximum atomic E-state index is 5.79. The molecule has 0 aliphatic rings. The minimum Gasteiger partial charge on any atom is -0.188 e. The third-order valence-electron chi connectivity index (χ3n) is 2.01. The number of rotatable bonds is 3. The SMILES string of the molecule is C[C@H](C(=S)Cl)C(C)(C)N=NC(C)(C)C. The molecule has 0 spiro atoms. The number of hydrogen-bond acceptors (Lipinski definition) is 3. The molecule has 0 rings (SSSR count). The molecule has 14 heavy (non-hydrogen) atoms. The summed E-state index contributed by atoms with van der Waals surface area (Å²) in [7, 11) is 0. The summed E-state index contributed by atoms with van der Waals surface area (Å²) in [4.78, 5) is 0. The molecular weight excluding hydrogens is 216 g/mol. The van der Waals surface area contributed by atoms with Crippen LogP contribution < -0.4 is 0 Å². The van der Waals surface area contributed by atoms with E-state index in [-0.39, 0.29) is 17.0 Å². The van der Waals surface area contributed by atoms with Gasteiger partial charge in [-0.25, -0.2) is 0 Å². The molecule has 82 valence electrons. The zero-order chi connectivity index (χ0) is 11.6. The van der Waals surface area contributed by atoms with Gasteiger partial charge in [0, 0.05) is 5.92 Å². The summed E-state index contributed by atoms with van der Waals surface area (Å²) >= 11 is 10.7. The molecule has 0 N–H and O–H groups in total. The smallest absolute Gasteiger partial charge is 0.0861 e. The molecular formula is C10H19ClN2S. The van der Waals surface area contributed by atoms with Gasteiger partial charge in [-0.2, -0.15) is 10.2 Å². The molecule has 0 aliphatic carbocycles. The summed E-state index contributed by atoms with van der Waals surface area (Å²) in [6.45, 7) is 12.0. The van der Waals surface area contributed by atoms with Crippen molar-refractivity contribution in [2.45, 2.75) is 52.6 Å². The Kier molecular flexibility index (Phi) is 4.66. The zero-order valence-corrected chi connectivity index (χ0v) is 11.3. The molecule has 0 radical (unpaired) electrons. The average Bonchev–Trinajstić information content (AvgIpc) is 1.98. The normalized spacial score (nSPS) is 15.9. The van der Waals surface area contributed by atoms with Crippen LogP contribution in [0.2, 0.25) is 0 Å². The molecule has 0 aliphatic heterocycles. The number of nitrogens with zero attached hydrogens (tertiary/aromatic N) is 2. The second-order valence-corrected chi connectivity index (χ2v) is 6.12. The molecule has 1 atom stereocenters. The predicted molar refractivity (Wildman–Crippen MR) is 66.3 cm³/mol. The van der Waals surface area contributed by atoms with Crippen LogP contribution >= 0.6 is 23.8 Å². The van der Waals surface area contributed by atoms with E-state index in [1.807, 2.05) is 41.5 Å². The van der Waals surface area contributed by atoms with Crippen LogP contribution in [0.1, 0.15) is 41.5 Å². The third-order valence-corrected chi connectivity index (χ3v) is 2.69. The molecule has 0 aromatic rings. The van der Waals surface area contributed by atoms with Crippen LogP contribution in [0.4, 0.5) is 0 Å². The lowest BCUT2D eigenvalue weighted by Gasteiger charge is -2.26. The van der Waals surface area contributed by atoms with Crippen molar-refractivity contribution in [2.75, 3.05) is 0 Å². The fraction of sp³-hybridized carbons (Fsp3) is 0.900. The second kappa shape index (κ2) is 4.67. The molecule has 0 saturated carbocycles. The van der Waals surface area contributed by atoms with Crippen molar-refractivity contribution in [2.24, 2.45) is 16.1 Å². The molecule has 0 fully saturated rings. The Bertz CT molecular complexity index is 241. The Balaban J connectivity index is 4.64. The van der Waals surface area contributed by atoms with Gasteiger partial charge in [-0.05, 0) is 34.6 Å². The highest BCUT2D eigenvalue weighted by molar-refractivity contribution is 7.83. The van der Waals surface area contributed by atoms with Gasteiger partial charge < -0.3 is 0 Å². The molecule has 0 saturated heterocycles. The Labute approximate surface area is 97.1 Å². The summed E-state index contributed by atoms with van der Waals surface area (Å²) in [6.07, 6.45) is 0. The lowest BCUT2D eigenvalue weighted by atomic mass is 9.92. The number of halogens is 1. The highest BCUT2D eigenvalue weighted by Crippen LogP contribution is 2.26. The van der Waals surface area contributed by atoms with Gasteiger partial charge in [0.1, 0.15) is 0 Å². The van der Waals surface area contributed by atoms with Gasteiger partial charge in [0.05, 0.1) is 15.4 Å². The van der Waals surface area contributed by atoms with Crippen molar-refractivity contribution in [1.29, 1.82) is 0 Å². The molecule has 4 heteroatoms. The molecule has 0 aromatic heterocycles. The molecule has 0 bridgehead atoms. The van der Waals surface area contributed by atoms with Crippen LogP contribution in [-0.2, 0) is 0 Å². The zero-order valence-electron chi connectivity index (χ0n) is 9.76. The molecule has 2 nitrogen and oxygen atoms in total. The first-order valence-electron chi connectivity index (χ1n) is 4.70. The molecule has 0 amide bonds. The minimum absolute atomic E-state index is 0.0465. The van der Waals surface area contributed by atoms with Crippen LogP contribution in [0.5, 0.6) is 0 Å². The van der Waals surface area contributed by atoms with Crippen LogP contribution in [0.15, 0.2) is 10.2 Å². The van der Waals surface area contributed by atoms with E-state index in [0.29, 0.717) is 4.32 Å². The second-order valence-electron chi connectivity index (χ2n) is 5.05. The fourth-order valence-electron chi connectivity index (χ4n) is 0.643. The molecule has 0 heterocycles. The van der Waals surface area contributed by atoms with Crippen LogP contribution in [-0.4, -0.2) is 15.4 Å². The van der Waals surface area contributed by atoms with Crippen molar-refractivity contribution in [1.82, 2.24) is 0 Å². The number of thiocarbonyl (C=S) groups is 1. The highest BCUT2D eigenvalue weighted by atomic mass is 35.5. The Hall–Kier alpha value is -0.0200. The highest BCUT2D eigenvalue weighted by Gasteiger charge is 2.28. The van der Waals surface area contributed by atoms with Gasteiger partial charge in [0.2, 0.25) is 0 Å². The first kappa shape index (κ1) is 14.0. The van der Waals surface area contributed by atoms with Gasteiger partial charge in [-0.15, -0.1) is 0 Å². The minimum atomic E-state index is -0.327. The van der Waals surface area contributed by atoms with E-state index in [2.05, 4.69) is 10.2 Å². The first-order chi connectivity index (χ1) is 6.06. The average molecular weight is 235 g/mol. The van der Waals surface area contributed by atoms with E-state index in [1.165, 1.54) is 0 Å². The lowest BCUT2D eigenvalue weighted by Crippen LogP contribution is -2.30. The monoisotopic (exact) mass is 234 g/mol. The van der Waals surface area contributed by atoms with E-state index < -0.39 is 0 Å². The Morgan fingerprint density at radius 3 is 1.86 bits per heavy atom. The molecule has 0 aromatic carbocycles. The summed E-state index contributed by atoms with van der Waals surface area (Å²) < 4.78 is 0.461. The summed E-state index contributed by atoms with van der Waals surface area (Å²) in [5.41, 5.74) is -0.475. The van der Waals surface area contributed by atoms with E-state index >= 15 is 0 Å². The van der Waals surface area contributed by atoms with E-state index in [1.54, 1.807) is 0 Å². The van der Waals surface area contributed by atoms with Gasteiger partial charge in [0.15, 0.2) is 0 Å². The van der Waals surface area contributed by atoms with Crippen LogP contribution in [0.3, 0.4) is 0 Å². The summed E-state index contributed by atoms with van der Waals surface area (Å²) in [5.74, 6) is 0.0465. The van der Waals surface area contributed by atoms with Crippen molar-refractivity contribution >= 4 is 28.1 Å². The van der Waals surface area contributed by atoms with Gasteiger partial charge in [-0.1, -0.05) is 30.7 Å². The van der Waals surface area contributed by atoms with Crippen LogP contribution in [0, 0.1) is 5.92 Å². The summed E-state index contributed by atoms with van der Waals surface area (Å²) in [5, 5.41) is 8.54. The van der Waals surface area contributed by atoms with Crippen molar-refractivity contribution in [3.8, 4) is 0 Å². The van der Waals surface area contributed by atoms with Crippen molar-refractivity contribution < 1.29 is 0 Å². The Morgan fingerprint density at radius 1 is 1.14 bits per heavy atom. The van der Waals surface area contributed by atoms with Gasteiger partial charge in [-0.3, -0.25) is 0 Å². The fourth-order valence-corrected chi connectivity index (χ4v) is 1.20. The van der Waals surface area contributed by atoms with Crippen molar-refractivity contribution in [3.63, 3.8) is 0 Å². The topological polar surface area (TPSA) is 24.7 Å². The van der Waals surface area contributed by atoms with E-state index in [4.69, 9.17) is 23.8 Å². The lowest BCUT2D eigenvalue weighted by molar-refractivity contribution is 0.388. The number of hydrogen-bond donors (Lipinski definition) is 0. The van der Waals surface area contributed by atoms with E-state index in [9.17, 15) is 0 Å². The maximum absolute atomic E-state index is 5.79. The van der Waals surface area contributed by atoms with Gasteiger partial charge >= 0.3 is 0 Å². The summed E-state index contributed by atoms with van der Waals surface area (Å²) in [6, 6.07) is 0. The largest absolute Gasteiger partial charge is 0.188 e. The third kappa shape index (κ3) is 5.01. The van der Waals surface area contributed by atoms with Gasteiger partial charge in [0.25, 0.3) is 0 Å². The number of azo groups is 1. The van der Waals surface area contributed by atoms with Crippen LogP contribution in [0.25, 0.3) is 0 Å². The maximum Gasteiger partial charge on any atom is 0.0861 e. The quantitative estimate of drug-likeness (QED) is 0.408. The standard InChI is InChI=1S/C10H19ClN2S/c1-7(8(11)14)10(5,6)13-12-9(2,3)4/h7H,1-6H3/t7-/m1/s1.